The van der Waals surface area contributed by atoms with Crippen LogP contribution in [0.4, 0.5) is 0 Å². The summed E-state index contributed by atoms with van der Waals surface area (Å²) in [5.41, 5.74) is 2.03. The van der Waals surface area contributed by atoms with Gasteiger partial charge in [-0.25, -0.2) is 0 Å². The molecule has 3 aromatic rings. The maximum absolute atomic E-state index is 12.0. The van der Waals surface area contributed by atoms with Crippen molar-refractivity contribution in [3.63, 3.8) is 0 Å². The number of hydrogen-bond acceptors (Lipinski definition) is 10. The Morgan fingerprint density at radius 3 is 1.17 bits per heavy atom. The van der Waals surface area contributed by atoms with Crippen LogP contribution >= 0.6 is 23.2 Å². The summed E-state index contributed by atoms with van der Waals surface area (Å²) in [6.45, 7) is 25.9. The van der Waals surface area contributed by atoms with Gasteiger partial charge in [-0.05, 0) is 99.8 Å². The quantitative estimate of drug-likeness (QED) is 0.0756. The van der Waals surface area contributed by atoms with E-state index < -0.39 is 16.8 Å². The number of ether oxygens (including phenoxy) is 3. The number of benzene rings is 3. The molecule has 0 fully saturated rings. The second-order valence-corrected chi connectivity index (χ2v) is 19.1. The summed E-state index contributed by atoms with van der Waals surface area (Å²) >= 11 is 12.0. The van der Waals surface area contributed by atoms with Gasteiger partial charge in [0.05, 0.1) is 26.2 Å². The zero-order valence-electron chi connectivity index (χ0n) is 38.3. The zero-order chi connectivity index (χ0) is 45.5. The predicted octanol–water partition coefficient (Wildman–Crippen LogP) is 9.13. The van der Waals surface area contributed by atoms with E-state index in [2.05, 4.69) is 0 Å². The van der Waals surface area contributed by atoms with Gasteiger partial charge in [-0.3, -0.25) is 29.1 Å². The minimum atomic E-state index is -0.488. The van der Waals surface area contributed by atoms with Crippen molar-refractivity contribution < 1.29 is 33.7 Å². The van der Waals surface area contributed by atoms with Gasteiger partial charge in [-0.2, -0.15) is 0 Å². The van der Waals surface area contributed by atoms with E-state index in [0.717, 1.165) is 16.7 Å². The molecule has 1 N–H and O–H groups in total. The number of alkyl halides is 2. The molecule has 3 atom stereocenters. The molecule has 0 aliphatic heterocycles. The number of halogens is 2. The lowest BCUT2D eigenvalue weighted by Crippen LogP contribution is -2.41. The van der Waals surface area contributed by atoms with Crippen molar-refractivity contribution in [3.8, 4) is 0 Å². The summed E-state index contributed by atoms with van der Waals surface area (Å²) in [6, 6.07) is 30.0. The number of carbonyl (C=O) groups is 3. The molecule has 0 heterocycles. The molecule has 0 aromatic heterocycles. The molecule has 0 aliphatic carbocycles. The van der Waals surface area contributed by atoms with Gasteiger partial charge in [-0.1, -0.05) is 91.0 Å². The predicted molar refractivity (Wildman–Crippen MR) is 245 cm³/mol. The van der Waals surface area contributed by atoms with Crippen LogP contribution in [0, 0.1) is 0 Å². The molecule has 0 amide bonds. The lowest BCUT2D eigenvalue weighted by Gasteiger charge is -2.28. The highest BCUT2D eigenvalue weighted by Gasteiger charge is 2.24. The minimum Gasteiger partial charge on any atom is -0.459 e. The van der Waals surface area contributed by atoms with Crippen molar-refractivity contribution in [2.75, 3.05) is 38.7 Å². The fourth-order valence-electron chi connectivity index (χ4n) is 5.60. The first kappa shape index (κ1) is 54.5. The van der Waals surface area contributed by atoms with Crippen LogP contribution in [0.1, 0.15) is 99.8 Å². The topological polar surface area (TPSA) is 109 Å². The fraction of sp³-hybridized carbons (Fsp3) is 0.562. The van der Waals surface area contributed by atoms with Crippen LogP contribution in [-0.2, 0) is 48.2 Å². The number of hydrogen-bond donors (Lipinski definition) is 1. The lowest BCUT2D eigenvalue weighted by atomic mass is 10.1. The van der Waals surface area contributed by atoms with Crippen LogP contribution in [0.25, 0.3) is 0 Å². The average molecular weight is 875 g/mol. The monoisotopic (exact) mass is 873 g/mol. The highest BCUT2D eigenvalue weighted by Crippen LogP contribution is 2.15. The molecule has 0 spiro atoms. The molecule has 3 unspecified atom stereocenters. The van der Waals surface area contributed by atoms with Crippen LogP contribution in [0.3, 0.4) is 0 Å². The van der Waals surface area contributed by atoms with Gasteiger partial charge >= 0.3 is 17.9 Å². The van der Waals surface area contributed by atoms with E-state index in [1.807, 2.05) is 189 Å². The maximum Gasteiger partial charge on any atom is 0.320 e. The molecular weight excluding hydrogens is 801 g/mol. The normalized spacial score (nSPS) is 13.3. The largest absolute Gasteiger partial charge is 0.459 e. The van der Waals surface area contributed by atoms with Gasteiger partial charge in [-0.15, -0.1) is 23.2 Å². The molecule has 0 aliphatic rings. The summed E-state index contributed by atoms with van der Waals surface area (Å²) in [6.07, 6.45) is 0. The number of aliphatic hydroxyl groups excluding tert-OH is 1. The molecule has 3 rings (SSSR count). The number of carbonyl (C=O) groups excluding carboxylic acids is 3. The number of nitrogens with zero attached hydrogens (tertiary/aromatic N) is 3. The summed E-state index contributed by atoms with van der Waals surface area (Å²) in [5, 5.41) is 9.32. The third-order valence-corrected chi connectivity index (χ3v) is 8.81. The van der Waals surface area contributed by atoms with Gasteiger partial charge in [0, 0.05) is 49.5 Å². The van der Waals surface area contributed by atoms with Gasteiger partial charge in [0.2, 0.25) is 0 Å². The van der Waals surface area contributed by atoms with Gasteiger partial charge in [0.1, 0.15) is 16.8 Å². The third-order valence-electron chi connectivity index (χ3n) is 8.23. The van der Waals surface area contributed by atoms with E-state index in [9.17, 15) is 19.5 Å². The van der Waals surface area contributed by atoms with Crippen molar-refractivity contribution in [2.24, 2.45) is 0 Å². The Balaban J connectivity index is 0.000000450. The summed E-state index contributed by atoms with van der Waals surface area (Å²) in [4.78, 5) is 41.8. The van der Waals surface area contributed by atoms with E-state index >= 15 is 0 Å². The van der Waals surface area contributed by atoms with Gasteiger partial charge in [0.15, 0.2) is 0 Å². The Labute approximate surface area is 371 Å². The second kappa shape index (κ2) is 27.4. The summed E-state index contributed by atoms with van der Waals surface area (Å²) in [5.74, 6) is -0.222. The van der Waals surface area contributed by atoms with Crippen molar-refractivity contribution >= 4 is 41.1 Å². The first-order valence-corrected chi connectivity index (χ1v) is 21.6. The standard InChI is InChI=1S/2C16H24ClNO2.C16H25NO3/c1-13(17)10-18(11-14-8-6-5-7-9-14)12-15(19)20-16(2,3)4;1-13(10-17)18(11-14-8-6-5-7-9-14)12-15(19)20-16(2,3)4;1-13(12-18)17(10-14-8-6-5-7-9-14)11-15(19)20-16(2,3)4/h2*5-9,13H,10-12H2,1-4H3;5-9,13,18H,10-12H2,1-4H3. The van der Waals surface area contributed by atoms with Crippen LogP contribution in [0.5, 0.6) is 0 Å². The third kappa shape index (κ3) is 27.4. The number of rotatable bonds is 18. The molecular formula is C48H73Cl2N3O7. The van der Waals surface area contributed by atoms with E-state index in [4.69, 9.17) is 37.4 Å². The first-order chi connectivity index (χ1) is 27.9. The van der Waals surface area contributed by atoms with Crippen LogP contribution in [0.2, 0.25) is 0 Å². The van der Waals surface area contributed by atoms with Crippen LogP contribution < -0.4 is 0 Å². The number of aliphatic hydroxyl groups is 1. The highest BCUT2D eigenvalue weighted by atomic mass is 35.5. The molecule has 60 heavy (non-hydrogen) atoms. The Morgan fingerprint density at radius 2 is 0.867 bits per heavy atom. The SMILES string of the molecule is CC(CCl)N(CC(=O)OC(C)(C)C)Cc1ccccc1.CC(CO)N(CC(=O)OC(C)(C)C)Cc1ccccc1.CC(Cl)CN(CC(=O)OC(C)(C)C)Cc1ccccc1. The molecule has 0 radical (unpaired) electrons. The van der Waals surface area contributed by atoms with E-state index in [1.165, 1.54) is 0 Å². The van der Waals surface area contributed by atoms with E-state index in [1.54, 1.807) is 0 Å². The Hall–Kier alpha value is -3.51. The molecule has 10 nitrogen and oxygen atoms in total. The smallest absolute Gasteiger partial charge is 0.320 e. The maximum atomic E-state index is 12.0. The fourth-order valence-corrected chi connectivity index (χ4v) is 5.99. The molecule has 0 saturated heterocycles. The molecule has 3 aromatic carbocycles. The first-order valence-electron chi connectivity index (χ1n) is 20.7. The summed E-state index contributed by atoms with van der Waals surface area (Å²) < 4.78 is 16.1. The molecule has 336 valence electrons. The number of esters is 3. The summed E-state index contributed by atoms with van der Waals surface area (Å²) in [7, 11) is 0. The highest BCUT2D eigenvalue weighted by molar-refractivity contribution is 6.20. The van der Waals surface area contributed by atoms with Crippen LogP contribution in [0.15, 0.2) is 91.0 Å². The Bertz CT molecular complexity index is 1550. The van der Waals surface area contributed by atoms with Gasteiger partial charge < -0.3 is 19.3 Å². The Morgan fingerprint density at radius 1 is 0.550 bits per heavy atom. The lowest BCUT2D eigenvalue weighted by molar-refractivity contribution is -0.158. The van der Waals surface area contributed by atoms with Crippen molar-refractivity contribution in [2.45, 2.75) is 137 Å². The van der Waals surface area contributed by atoms with E-state index in [-0.39, 0.29) is 61.6 Å². The molecule has 0 bridgehead atoms. The molecule has 12 heteroatoms. The Kier molecular flexibility index (Phi) is 24.9. The van der Waals surface area contributed by atoms with Gasteiger partial charge in [0.25, 0.3) is 0 Å². The minimum absolute atomic E-state index is 0.00955. The molecule has 0 saturated carbocycles. The van der Waals surface area contributed by atoms with Crippen LogP contribution in [-0.4, -0.2) is 111 Å². The van der Waals surface area contributed by atoms with Crippen molar-refractivity contribution in [3.05, 3.63) is 108 Å². The average Bonchev–Trinajstić information content (AvgIpc) is 3.13. The van der Waals surface area contributed by atoms with Crippen molar-refractivity contribution in [1.29, 1.82) is 0 Å². The zero-order valence-corrected chi connectivity index (χ0v) is 39.8. The van der Waals surface area contributed by atoms with Crippen molar-refractivity contribution in [1.82, 2.24) is 14.7 Å². The second-order valence-electron chi connectivity index (χ2n) is 18.0. The van der Waals surface area contributed by atoms with E-state index in [0.29, 0.717) is 32.1 Å².